The Bertz CT molecular complexity index is 452. The Labute approximate surface area is 112 Å². The molecule has 18 heavy (non-hydrogen) atoms. The molecule has 0 radical (unpaired) electrons. The highest BCUT2D eigenvalue weighted by atomic mass is 35.5. The van der Waals surface area contributed by atoms with E-state index in [0.717, 1.165) is 0 Å². The normalized spacial score (nSPS) is 31.3. The van der Waals surface area contributed by atoms with E-state index in [4.69, 9.17) is 16.3 Å². The van der Waals surface area contributed by atoms with Crippen molar-refractivity contribution in [1.29, 1.82) is 0 Å². The number of carbonyl (C=O) groups is 1. The lowest BCUT2D eigenvalue weighted by atomic mass is 9.89. The van der Waals surface area contributed by atoms with Gasteiger partial charge >= 0.3 is 0 Å². The minimum atomic E-state index is -0.152. The zero-order valence-corrected chi connectivity index (χ0v) is 11.4. The number of aromatic nitrogens is 1. The van der Waals surface area contributed by atoms with Crippen LogP contribution in [0.5, 0.6) is 0 Å². The summed E-state index contributed by atoms with van der Waals surface area (Å²) >= 11 is 5.78. The highest BCUT2D eigenvalue weighted by molar-refractivity contribution is 6.29. The van der Waals surface area contributed by atoms with Crippen molar-refractivity contribution in [3.63, 3.8) is 0 Å². The average Bonchev–Trinajstić information content (AvgIpc) is 2.53. The molecule has 5 heteroatoms. The molecular formula is C13H17ClN2O2. The fourth-order valence-electron chi connectivity index (χ4n) is 2.41. The van der Waals surface area contributed by atoms with E-state index >= 15 is 0 Å². The molecule has 4 atom stereocenters. The lowest BCUT2D eigenvalue weighted by Crippen LogP contribution is -2.32. The van der Waals surface area contributed by atoms with E-state index in [9.17, 15) is 4.79 Å². The maximum absolute atomic E-state index is 12.2. The van der Waals surface area contributed by atoms with Crippen molar-refractivity contribution in [2.45, 2.75) is 33.0 Å². The molecule has 98 valence electrons. The van der Waals surface area contributed by atoms with Gasteiger partial charge in [0.1, 0.15) is 11.0 Å². The highest BCUT2D eigenvalue weighted by Crippen LogP contribution is 2.32. The number of nitrogens with one attached hydrogen (secondary N) is 1. The average molecular weight is 269 g/mol. The number of nitrogens with zero attached hydrogens (tertiary/aromatic N) is 1. The number of hydrogen-bond acceptors (Lipinski definition) is 3. The number of ether oxygens (including phenoxy) is 1. The molecule has 2 rings (SSSR count). The largest absolute Gasteiger partial charge is 0.374 e. The van der Waals surface area contributed by atoms with Crippen LogP contribution < -0.4 is 5.32 Å². The van der Waals surface area contributed by atoms with Crippen LogP contribution >= 0.6 is 11.6 Å². The fraction of sp³-hybridized carbons (Fsp3) is 0.538. The van der Waals surface area contributed by atoms with Crippen LogP contribution in [0.2, 0.25) is 5.15 Å². The summed E-state index contributed by atoms with van der Waals surface area (Å²) in [7, 11) is 0. The molecule has 1 N–H and O–H groups in total. The molecule has 0 aliphatic carbocycles. The Hall–Kier alpha value is -1.13. The summed E-state index contributed by atoms with van der Waals surface area (Å²) in [6, 6.07) is 5.15. The minimum Gasteiger partial charge on any atom is -0.374 e. The van der Waals surface area contributed by atoms with Gasteiger partial charge in [0.2, 0.25) is 5.91 Å². The molecule has 1 fully saturated rings. The molecule has 1 aromatic rings. The monoisotopic (exact) mass is 268 g/mol. The van der Waals surface area contributed by atoms with Crippen molar-refractivity contribution in [3.05, 3.63) is 23.4 Å². The fourth-order valence-corrected chi connectivity index (χ4v) is 2.57. The van der Waals surface area contributed by atoms with Gasteiger partial charge in [-0.05, 0) is 31.9 Å². The third-order valence-electron chi connectivity index (χ3n) is 3.51. The topological polar surface area (TPSA) is 51.2 Å². The van der Waals surface area contributed by atoms with Gasteiger partial charge in [0.15, 0.2) is 0 Å². The molecule has 0 aromatic carbocycles. The molecule has 4 nitrogen and oxygen atoms in total. The van der Waals surface area contributed by atoms with Gasteiger partial charge in [-0.2, -0.15) is 0 Å². The summed E-state index contributed by atoms with van der Waals surface area (Å²) in [5.74, 6) is 0.459. The summed E-state index contributed by atoms with van der Waals surface area (Å²) in [6.07, 6.45) is 0.0252. The van der Waals surface area contributed by atoms with Crippen molar-refractivity contribution in [1.82, 2.24) is 4.98 Å². The van der Waals surface area contributed by atoms with E-state index in [1.165, 1.54) is 0 Å². The first-order chi connectivity index (χ1) is 8.49. The second-order valence-electron chi connectivity index (χ2n) is 4.77. The van der Waals surface area contributed by atoms with Gasteiger partial charge in [-0.3, -0.25) is 4.79 Å². The number of halogens is 1. The van der Waals surface area contributed by atoms with E-state index in [-0.39, 0.29) is 30.0 Å². The van der Waals surface area contributed by atoms with E-state index in [0.29, 0.717) is 11.0 Å². The predicted molar refractivity (Wildman–Crippen MR) is 70.5 cm³/mol. The molecule has 0 bridgehead atoms. The molecular weight excluding hydrogens is 252 g/mol. The Morgan fingerprint density at radius 3 is 2.61 bits per heavy atom. The van der Waals surface area contributed by atoms with Gasteiger partial charge in [-0.1, -0.05) is 24.6 Å². The van der Waals surface area contributed by atoms with Crippen LogP contribution in [0.3, 0.4) is 0 Å². The van der Waals surface area contributed by atoms with E-state index in [2.05, 4.69) is 10.3 Å². The first-order valence-corrected chi connectivity index (χ1v) is 6.45. The van der Waals surface area contributed by atoms with Gasteiger partial charge < -0.3 is 10.1 Å². The van der Waals surface area contributed by atoms with Gasteiger partial charge in [-0.25, -0.2) is 4.98 Å². The second kappa shape index (κ2) is 5.24. The SMILES string of the molecule is CC1OC(C)C(C(=O)Nc2cccc(Cl)n2)C1C. The summed E-state index contributed by atoms with van der Waals surface area (Å²) in [5.41, 5.74) is 0. The first-order valence-electron chi connectivity index (χ1n) is 6.08. The molecule has 1 aromatic heterocycles. The Morgan fingerprint density at radius 2 is 2.06 bits per heavy atom. The number of hydrogen-bond donors (Lipinski definition) is 1. The van der Waals surface area contributed by atoms with E-state index in [1.54, 1.807) is 18.2 Å². The number of anilines is 1. The third kappa shape index (κ3) is 2.65. The number of carbonyl (C=O) groups excluding carboxylic acids is 1. The molecule has 1 amide bonds. The lowest BCUT2D eigenvalue weighted by molar-refractivity contribution is -0.122. The van der Waals surface area contributed by atoms with Gasteiger partial charge in [0.25, 0.3) is 0 Å². The third-order valence-corrected chi connectivity index (χ3v) is 3.72. The maximum Gasteiger partial charge on any atom is 0.231 e. The molecule has 1 saturated heterocycles. The summed E-state index contributed by atoms with van der Waals surface area (Å²) in [4.78, 5) is 16.3. The standard InChI is InChI=1S/C13H17ClN2O2/c1-7-8(2)18-9(3)12(7)13(17)16-11-6-4-5-10(14)15-11/h4-9,12H,1-3H3,(H,15,16,17). The summed E-state index contributed by atoms with van der Waals surface area (Å²) in [5, 5.41) is 3.16. The van der Waals surface area contributed by atoms with Crippen LogP contribution in [-0.2, 0) is 9.53 Å². The van der Waals surface area contributed by atoms with Crippen molar-refractivity contribution in [3.8, 4) is 0 Å². The number of amides is 1. The van der Waals surface area contributed by atoms with Crippen molar-refractivity contribution < 1.29 is 9.53 Å². The van der Waals surface area contributed by atoms with Crippen LogP contribution in [0.1, 0.15) is 20.8 Å². The van der Waals surface area contributed by atoms with E-state index in [1.807, 2.05) is 20.8 Å². The smallest absolute Gasteiger partial charge is 0.231 e. The summed E-state index contributed by atoms with van der Waals surface area (Å²) in [6.45, 7) is 5.95. The van der Waals surface area contributed by atoms with Crippen LogP contribution in [0, 0.1) is 11.8 Å². The van der Waals surface area contributed by atoms with Gasteiger partial charge in [-0.15, -0.1) is 0 Å². The predicted octanol–water partition coefficient (Wildman–Crippen LogP) is 2.73. The maximum atomic E-state index is 12.2. The van der Waals surface area contributed by atoms with Crippen LogP contribution in [-0.4, -0.2) is 23.1 Å². The van der Waals surface area contributed by atoms with Crippen LogP contribution in [0.15, 0.2) is 18.2 Å². The van der Waals surface area contributed by atoms with Crippen LogP contribution in [0.4, 0.5) is 5.82 Å². The van der Waals surface area contributed by atoms with Gasteiger partial charge in [0.05, 0.1) is 18.1 Å². The molecule has 4 unspecified atom stereocenters. The van der Waals surface area contributed by atoms with Crippen LogP contribution in [0.25, 0.3) is 0 Å². The highest BCUT2D eigenvalue weighted by Gasteiger charge is 2.41. The zero-order chi connectivity index (χ0) is 13.3. The van der Waals surface area contributed by atoms with Crippen molar-refractivity contribution in [2.75, 3.05) is 5.32 Å². The second-order valence-corrected chi connectivity index (χ2v) is 5.15. The first kappa shape index (κ1) is 13.3. The molecule has 0 spiro atoms. The Kier molecular flexibility index (Phi) is 3.88. The summed E-state index contributed by atoms with van der Waals surface area (Å²) < 4.78 is 5.66. The number of rotatable bonds is 2. The van der Waals surface area contributed by atoms with E-state index < -0.39 is 0 Å². The van der Waals surface area contributed by atoms with Gasteiger partial charge in [0, 0.05) is 0 Å². The Morgan fingerprint density at radius 1 is 1.33 bits per heavy atom. The quantitative estimate of drug-likeness (QED) is 0.839. The van der Waals surface area contributed by atoms with Crippen molar-refractivity contribution in [2.24, 2.45) is 11.8 Å². The Balaban J connectivity index is 2.08. The molecule has 0 saturated carbocycles. The number of pyridine rings is 1. The lowest BCUT2D eigenvalue weighted by Gasteiger charge is -2.17. The minimum absolute atomic E-state index is 0.0610. The molecule has 1 aliphatic heterocycles. The molecule has 2 heterocycles. The van der Waals surface area contributed by atoms with Crippen molar-refractivity contribution >= 4 is 23.3 Å². The molecule has 1 aliphatic rings. The zero-order valence-electron chi connectivity index (χ0n) is 10.7.